The Morgan fingerprint density at radius 2 is 2.03 bits per heavy atom. The highest BCUT2D eigenvalue weighted by Crippen LogP contribution is 2.30. The van der Waals surface area contributed by atoms with E-state index in [-0.39, 0.29) is 23.5 Å². The van der Waals surface area contributed by atoms with Crippen molar-refractivity contribution in [2.75, 3.05) is 45.2 Å². The fraction of sp³-hybridized carbons (Fsp3) is 0.476. The van der Waals surface area contributed by atoms with E-state index < -0.39 is 10.0 Å². The fourth-order valence-corrected chi connectivity index (χ4v) is 5.34. The molecule has 8 nitrogen and oxygen atoms in total. The minimum atomic E-state index is -3.69. The quantitative estimate of drug-likeness (QED) is 0.610. The van der Waals surface area contributed by atoms with E-state index in [1.165, 1.54) is 16.4 Å². The Labute approximate surface area is 187 Å². The maximum Gasteiger partial charge on any atom is 0.243 e. The van der Waals surface area contributed by atoms with Crippen molar-refractivity contribution in [3.63, 3.8) is 0 Å². The largest absolute Gasteiger partial charge is 0.489 e. The van der Waals surface area contributed by atoms with Crippen molar-refractivity contribution in [2.45, 2.75) is 31.4 Å². The zero-order chi connectivity index (χ0) is 22.4. The molecule has 170 valence electrons. The van der Waals surface area contributed by atoms with Gasteiger partial charge >= 0.3 is 0 Å². The summed E-state index contributed by atoms with van der Waals surface area (Å²) in [6.45, 7) is 5.91. The lowest BCUT2D eigenvalue weighted by Crippen LogP contribution is -2.40. The van der Waals surface area contributed by atoms with Gasteiger partial charge in [-0.05, 0) is 61.5 Å². The molecule has 1 aliphatic rings. The predicted octanol–water partition coefficient (Wildman–Crippen LogP) is 2.63. The number of rotatable bonds is 9. The molecule has 1 fully saturated rings. The number of ether oxygens (including phenoxy) is 2. The Kier molecular flexibility index (Phi) is 8.06. The summed E-state index contributed by atoms with van der Waals surface area (Å²) >= 11 is 1.61. The molecule has 2 aromatic rings. The lowest BCUT2D eigenvalue weighted by molar-refractivity contribution is -0.117. The molecule has 3 rings (SSSR count). The molecule has 0 radical (unpaired) electrons. The van der Waals surface area contributed by atoms with Crippen molar-refractivity contribution in [3.8, 4) is 5.75 Å². The van der Waals surface area contributed by atoms with Gasteiger partial charge in [-0.25, -0.2) is 8.42 Å². The number of hydrogen-bond donors (Lipinski definition) is 1. The number of amides is 1. The highest BCUT2D eigenvalue weighted by molar-refractivity contribution is 7.89. The summed E-state index contributed by atoms with van der Waals surface area (Å²) in [4.78, 5) is 14.7. The summed E-state index contributed by atoms with van der Waals surface area (Å²) in [5.74, 6) is 0.192. The van der Waals surface area contributed by atoms with Gasteiger partial charge in [-0.15, -0.1) is 0 Å². The van der Waals surface area contributed by atoms with E-state index in [2.05, 4.69) is 5.32 Å². The summed E-state index contributed by atoms with van der Waals surface area (Å²) < 4.78 is 38.5. The average molecular weight is 468 g/mol. The van der Waals surface area contributed by atoms with Crippen molar-refractivity contribution >= 4 is 33.0 Å². The van der Waals surface area contributed by atoms with Crippen LogP contribution >= 0.6 is 11.3 Å². The molecule has 2 heterocycles. The van der Waals surface area contributed by atoms with Gasteiger partial charge in [0.15, 0.2) is 0 Å². The molecule has 0 atom stereocenters. The zero-order valence-corrected chi connectivity index (χ0v) is 19.7. The summed E-state index contributed by atoms with van der Waals surface area (Å²) in [6, 6.07) is 6.60. The van der Waals surface area contributed by atoms with Gasteiger partial charge in [-0.1, -0.05) is 0 Å². The van der Waals surface area contributed by atoms with Crippen molar-refractivity contribution < 1.29 is 22.7 Å². The molecule has 10 heteroatoms. The van der Waals surface area contributed by atoms with Crippen LogP contribution in [0.4, 0.5) is 5.69 Å². The molecule has 0 saturated carbocycles. The Hall–Kier alpha value is -1.98. The number of carbonyl (C=O) groups excluding carboxylic acids is 1. The smallest absolute Gasteiger partial charge is 0.243 e. The first kappa shape index (κ1) is 23.7. The normalized spacial score (nSPS) is 15.4. The number of hydrogen-bond acceptors (Lipinski definition) is 7. The van der Waals surface area contributed by atoms with E-state index in [1.807, 2.05) is 42.6 Å². The Morgan fingerprint density at radius 3 is 2.68 bits per heavy atom. The van der Waals surface area contributed by atoms with Crippen LogP contribution in [0.2, 0.25) is 0 Å². The van der Waals surface area contributed by atoms with Gasteiger partial charge < -0.3 is 14.8 Å². The van der Waals surface area contributed by atoms with Crippen LogP contribution in [0.1, 0.15) is 19.4 Å². The van der Waals surface area contributed by atoms with E-state index in [0.29, 0.717) is 44.3 Å². The molecule has 1 aromatic carbocycles. The van der Waals surface area contributed by atoms with Crippen molar-refractivity contribution in [1.82, 2.24) is 9.21 Å². The molecule has 1 saturated heterocycles. The maximum absolute atomic E-state index is 13.0. The summed E-state index contributed by atoms with van der Waals surface area (Å²) in [5, 5.41) is 6.87. The molecule has 0 aliphatic carbocycles. The van der Waals surface area contributed by atoms with Crippen LogP contribution in [0.25, 0.3) is 0 Å². The van der Waals surface area contributed by atoms with Crippen LogP contribution < -0.4 is 10.1 Å². The van der Waals surface area contributed by atoms with Crippen LogP contribution in [-0.4, -0.2) is 69.5 Å². The second-order valence-electron chi connectivity index (χ2n) is 7.69. The highest BCUT2D eigenvalue weighted by atomic mass is 32.2. The van der Waals surface area contributed by atoms with Crippen LogP contribution in [0.15, 0.2) is 39.9 Å². The third kappa shape index (κ3) is 6.50. The molecule has 1 aliphatic heterocycles. The number of anilines is 1. The average Bonchev–Trinajstić information content (AvgIpc) is 3.22. The number of thiophene rings is 1. The minimum Gasteiger partial charge on any atom is -0.489 e. The Morgan fingerprint density at radius 1 is 1.29 bits per heavy atom. The van der Waals surface area contributed by atoms with Crippen LogP contribution in [0.3, 0.4) is 0 Å². The lowest BCUT2D eigenvalue weighted by atomic mass is 10.2. The molecule has 0 bridgehead atoms. The van der Waals surface area contributed by atoms with Gasteiger partial charge in [-0.3, -0.25) is 9.69 Å². The van der Waals surface area contributed by atoms with E-state index in [1.54, 1.807) is 17.4 Å². The van der Waals surface area contributed by atoms with Gasteiger partial charge in [0.05, 0.1) is 36.4 Å². The number of likely N-dealkylation sites (N-methyl/N-ethyl adjacent to an activating group) is 1. The second-order valence-corrected chi connectivity index (χ2v) is 10.4. The van der Waals surface area contributed by atoms with Gasteiger partial charge in [0.25, 0.3) is 0 Å². The minimum absolute atomic E-state index is 0.118. The molecular weight excluding hydrogens is 438 g/mol. The topological polar surface area (TPSA) is 88.2 Å². The summed E-state index contributed by atoms with van der Waals surface area (Å²) in [7, 11) is -1.82. The van der Waals surface area contributed by atoms with Crippen LogP contribution in [0, 0.1) is 0 Å². The number of nitrogens with zero attached hydrogens (tertiary/aromatic N) is 2. The first-order valence-corrected chi connectivity index (χ1v) is 12.5. The number of sulfonamides is 1. The van der Waals surface area contributed by atoms with Crippen molar-refractivity contribution in [1.29, 1.82) is 0 Å². The molecule has 1 amide bonds. The highest BCUT2D eigenvalue weighted by Gasteiger charge is 2.27. The number of morpholine rings is 1. The molecule has 0 unspecified atom stereocenters. The first-order valence-electron chi connectivity index (χ1n) is 10.1. The second kappa shape index (κ2) is 10.6. The third-order valence-corrected chi connectivity index (χ3v) is 7.27. The van der Waals surface area contributed by atoms with Crippen LogP contribution in [0.5, 0.6) is 5.75 Å². The van der Waals surface area contributed by atoms with Crippen molar-refractivity contribution in [3.05, 3.63) is 40.6 Å². The number of carbonyl (C=O) groups is 1. The first-order chi connectivity index (χ1) is 14.8. The van der Waals surface area contributed by atoms with Gasteiger partial charge in [0, 0.05) is 19.6 Å². The number of nitrogens with one attached hydrogen (secondary N) is 1. The fourth-order valence-electron chi connectivity index (χ4n) is 3.25. The van der Waals surface area contributed by atoms with E-state index in [9.17, 15) is 13.2 Å². The van der Waals surface area contributed by atoms with E-state index in [4.69, 9.17) is 9.47 Å². The Bertz CT molecular complexity index is 971. The van der Waals surface area contributed by atoms with Gasteiger partial charge in [0.2, 0.25) is 15.9 Å². The summed E-state index contributed by atoms with van der Waals surface area (Å²) in [6.07, 6.45) is -0.126. The SMILES string of the molecule is CC(C)Oc1ccc(S(=O)(=O)N2CCOCC2)cc1NC(=O)CN(C)Cc1ccsc1. The summed E-state index contributed by atoms with van der Waals surface area (Å²) in [5.41, 5.74) is 1.49. The number of benzene rings is 1. The lowest BCUT2D eigenvalue weighted by Gasteiger charge is -2.26. The maximum atomic E-state index is 13.0. The van der Waals surface area contributed by atoms with Gasteiger partial charge in [-0.2, -0.15) is 15.6 Å². The zero-order valence-electron chi connectivity index (χ0n) is 18.0. The van der Waals surface area contributed by atoms with Crippen molar-refractivity contribution in [2.24, 2.45) is 0 Å². The molecule has 1 N–H and O–H groups in total. The third-order valence-electron chi connectivity index (χ3n) is 4.64. The Balaban J connectivity index is 1.77. The molecular formula is C21H29N3O5S2. The molecule has 0 spiro atoms. The standard InChI is InChI=1S/C21H29N3O5S2/c1-16(2)29-20-5-4-18(31(26,27)24-7-9-28-10-8-24)12-19(20)22-21(25)14-23(3)13-17-6-11-30-15-17/h4-6,11-12,15-16H,7-10,13-14H2,1-3H3,(H,22,25). The van der Waals surface area contributed by atoms with E-state index in [0.717, 1.165) is 5.56 Å². The molecule has 1 aromatic heterocycles. The molecule has 31 heavy (non-hydrogen) atoms. The van der Waals surface area contributed by atoms with Gasteiger partial charge in [0.1, 0.15) is 5.75 Å². The van der Waals surface area contributed by atoms with E-state index >= 15 is 0 Å². The predicted molar refractivity (Wildman–Crippen MR) is 121 cm³/mol. The van der Waals surface area contributed by atoms with Crippen LogP contribution in [-0.2, 0) is 26.1 Å². The monoisotopic (exact) mass is 467 g/mol.